The van der Waals surface area contributed by atoms with E-state index in [2.05, 4.69) is 5.32 Å². The van der Waals surface area contributed by atoms with Crippen molar-refractivity contribution in [3.63, 3.8) is 0 Å². The lowest BCUT2D eigenvalue weighted by molar-refractivity contribution is -0.142. The van der Waals surface area contributed by atoms with Crippen molar-refractivity contribution in [2.45, 2.75) is 44.7 Å². The van der Waals surface area contributed by atoms with Crippen molar-refractivity contribution in [1.29, 1.82) is 0 Å². The third kappa shape index (κ3) is 4.62. The second kappa shape index (κ2) is 7.33. The molecule has 104 valence electrons. The Balaban J connectivity index is 2.60. The molecule has 6 heteroatoms. The highest BCUT2D eigenvalue weighted by molar-refractivity contribution is 5.82. The van der Waals surface area contributed by atoms with Gasteiger partial charge in [0.25, 0.3) is 0 Å². The topological polar surface area (TPSA) is 89.9 Å². The van der Waals surface area contributed by atoms with E-state index in [-0.39, 0.29) is 19.1 Å². The SMILES string of the molecule is CC(=O)NC(CN(CCO)C1CCCC1)C(=O)O. The average molecular weight is 258 g/mol. The molecule has 1 unspecified atom stereocenters. The zero-order valence-corrected chi connectivity index (χ0v) is 10.8. The fourth-order valence-electron chi connectivity index (χ4n) is 2.49. The second-order valence-electron chi connectivity index (χ2n) is 4.75. The maximum atomic E-state index is 11.1. The van der Waals surface area contributed by atoms with Crippen LogP contribution in [0.3, 0.4) is 0 Å². The molecule has 1 aliphatic carbocycles. The number of aliphatic hydroxyl groups is 1. The van der Waals surface area contributed by atoms with Crippen molar-refractivity contribution in [2.75, 3.05) is 19.7 Å². The third-order valence-corrected chi connectivity index (χ3v) is 3.32. The van der Waals surface area contributed by atoms with Crippen LogP contribution in [0, 0.1) is 0 Å². The van der Waals surface area contributed by atoms with Crippen LogP contribution in [0.2, 0.25) is 0 Å². The summed E-state index contributed by atoms with van der Waals surface area (Å²) in [5.41, 5.74) is 0. The first-order valence-electron chi connectivity index (χ1n) is 6.39. The number of carbonyl (C=O) groups is 2. The first-order valence-corrected chi connectivity index (χ1v) is 6.39. The molecular formula is C12H22N2O4. The van der Waals surface area contributed by atoms with Gasteiger partial charge >= 0.3 is 5.97 Å². The normalized spacial score (nSPS) is 17.9. The summed E-state index contributed by atoms with van der Waals surface area (Å²) in [5, 5.41) is 20.6. The van der Waals surface area contributed by atoms with Gasteiger partial charge in [-0.3, -0.25) is 9.69 Å². The molecule has 0 saturated heterocycles. The number of nitrogens with zero attached hydrogens (tertiary/aromatic N) is 1. The van der Waals surface area contributed by atoms with Crippen molar-refractivity contribution in [3.05, 3.63) is 0 Å². The Labute approximate surface area is 107 Å². The largest absolute Gasteiger partial charge is 0.480 e. The van der Waals surface area contributed by atoms with E-state index in [9.17, 15) is 9.59 Å². The van der Waals surface area contributed by atoms with Gasteiger partial charge in [-0.2, -0.15) is 0 Å². The number of aliphatic hydroxyl groups excluding tert-OH is 1. The maximum Gasteiger partial charge on any atom is 0.327 e. The highest BCUT2D eigenvalue weighted by atomic mass is 16.4. The second-order valence-corrected chi connectivity index (χ2v) is 4.75. The lowest BCUT2D eigenvalue weighted by Gasteiger charge is -2.30. The van der Waals surface area contributed by atoms with E-state index in [0.717, 1.165) is 25.7 Å². The molecule has 18 heavy (non-hydrogen) atoms. The number of aliphatic carboxylic acids is 1. The van der Waals surface area contributed by atoms with Crippen LogP contribution < -0.4 is 5.32 Å². The van der Waals surface area contributed by atoms with Gasteiger partial charge in [0.05, 0.1) is 6.61 Å². The molecule has 1 fully saturated rings. The summed E-state index contributed by atoms with van der Waals surface area (Å²) >= 11 is 0. The molecule has 0 aromatic heterocycles. The summed E-state index contributed by atoms with van der Waals surface area (Å²) in [6.07, 6.45) is 4.35. The first-order chi connectivity index (χ1) is 8.54. The molecule has 1 aliphatic rings. The zero-order chi connectivity index (χ0) is 13.5. The Morgan fingerprint density at radius 1 is 1.39 bits per heavy atom. The van der Waals surface area contributed by atoms with E-state index in [1.807, 2.05) is 4.90 Å². The molecule has 1 atom stereocenters. The number of carbonyl (C=O) groups excluding carboxylic acids is 1. The van der Waals surface area contributed by atoms with Crippen LogP contribution in [0.4, 0.5) is 0 Å². The maximum absolute atomic E-state index is 11.1. The summed E-state index contributed by atoms with van der Waals surface area (Å²) in [5.74, 6) is -1.39. The minimum atomic E-state index is -1.04. The van der Waals surface area contributed by atoms with E-state index >= 15 is 0 Å². The van der Waals surface area contributed by atoms with Crippen LogP contribution in [0.1, 0.15) is 32.6 Å². The summed E-state index contributed by atoms with van der Waals surface area (Å²) in [6, 6.07) is -0.581. The zero-order valence-electron chi connectivity index (χ0n) is 10.8. The van der Waals surface area contributed by atoms with Gasteiger partial charge in [-0.25, -0.2) is 4.79 Å². The van der Waals surface area contributed by atoms with Crippen LogP contribution in [0.5, 0.6) is 0 Å². The van der Waals surface area contributed by atoms with Crippen LogP contribution in [-0.2, 0) is 9.59 Å². The molecule has 1 rings (SSSR count). The molecule has 1 amide bonds. The van der Waals surface area contributed by atoms with Gasteiger partial charge in [-0.1, -0.05) is 12.8 Å². The summed E-state index contributed by atoms with van der Waals surface area (Å²) in [6.45, 7) is 2.01. The van der Waals surface area contributed by atoms with E-state index in [1.54, 1.807) is 0 Å². The average Bonchev–Trinajstić information content (AvgIpc) is 2.79. The Bertz CT molecular complexity index is 290. The van der Waals surface area contributed by atoms with E-state index in [4.69, 9.17) is 10.2 Å². The monoisotopic (exact) mass is 258 g/mol. The fourth-order valence-corrected chi connectivity index (χ4v) is 2.49. The molecule has 0 radical (unpaired) electrons. The van der Waals surface area contributed by atoms with Gasteiger partial charge in [-0.05, 0) is 12.8 Å². The Morgan fingerprint density at radius 2 is 2.00 bits per heavy atom. The van der Waals surface area contributed by atoms with Gasteiger partial charge in [-0.15, -0.1) is 0 Å². The fraction of sp³-hybridized carbons (Fsp3) is 0.833. The lowest BCUT2D eigenvalue weighted by Crippen LogP contribution is -2.50. The smallest absolute Gasteiger partial charge is 0.327 e. The van der Waals surface area contributed by atoms with Crippen molar-refractivity contribution in [3.8, 4) is 0 Å². The number of hydrogen-bond donors (Lipinski definition) is 3. The highest BCUT2D eigenvalue weighted by Gasteiger charge is 2.27. The van der Waals surface area contributed by atoms with E-state index in [0.29, 0.717) is 12.6 Å². The summed E-state index contributed by atoms with van der Waals surface area (Å²) < 4.78 is 0. The molecule has 0 spiro atoms. The Hall–Kier alpha value is -1.14. The third-order valence-electron chi connectivity index (χ3n) is 3.32. The predicted octanol–water partition coefficient (Wildman–Crippen LogP) is -0.187. The Morgan fingerprint density at radius 3 is 2.44 bits per heavy atom. The molecule has 0 aromatic rings. The lowest BCUT2D eigenvalue weighted by atomic mass is 10.1. The van der Waals surface area contributed by atoms with Crippen molar-refractivity contribution < 1.29 is 19.8 Å². The number of hydrogen-bond acceptors (Lipinski definition) is 4. The minimum Gasteiger partial charge on any atom is -0.480 e. The number of rotatable bonds is 7. The Kier molecular flexibility index (Phi) is 6.07. The molecular weight excluding hydrogens is 236 g/mol. The van der Waals surface area contributed by atoms with Crippen LogP contribution in [0.15, 0.2) is 0 Å². The van der Waals surface area contributed by atoms with Crippen LogP contribution in [0.25, 0.3) is 0 Å². The van der Waals surface area contributed by atoms with E-state index < -0.39 is 12.0 Å². The van der Waals surface area contributed by atoms with Crippen LogP contribution in [-0.4, -0.2) is 58.8 Å². The van der Waals surface area contributed by atoms with Crippen molar-refractivity contribution in [2.24, 2.45) is 0 Å². The molecule has 0 heterocycles. The molecule has 6 nitrogen and oxygen atoms in total. The first kappa shape index (κ1) is 14.9. The summed E-state index contributed by atoms with van der Waals surface area (Å²) in [4.78, 5) is 24.0. The molecule has 0 aromatic carbocycles. The molecule has 0 bridgehead atoms. The van der Waals surface area contributed by atoms with Gasteiger partial charge < -0.3 is 15.5 Å². The number of carboxylic acids is 1. The quantitative estimate of drug-likeness (QED) is 0.589. The van der Waals surface area contributed by atoms with Gasteiger partial charge in [0.15, 0.2) is 0 Å². The standard InChI is InChI=1S/C12H22N2O4/c1-9(16)13-11(12(17)18)8-14(6-7-15)10-4-2-3-5-10/h10-11,15H,2-8H2,1H3,(H,13,16)(H,17,18). The van der Waals surface area contributed by atoms with Crippen LogP contribution >= 0.6 is 0 Å². The highest BCUT2D eigenvalue weighted by Crippen LogP contribution is 2.23. The van der Waals surface area contributed by atoms with Crippen molar-refractivity contribution >= 4 is 11.9 Å². The summed E-state index contributed by atoms with van der Waals surface area (Å²) in [7, 11) is 0. The van der Waals surface area contributed by atoms with Gasteiger partial charge in [0, 0.05) is 26.1 Å². The molecule has 0 aliphatic heterocycles. The molecule has 1 saturated carbocycles. The number of nitrogens with one attached hydrogen (secondary N) is 1. The number of amides is 1. The predicted molar refractivity (Wildman–Crippen MR) is 66.2 cm³/mol. The van der Waals surface area contributed by atoms with Gasteiger partial charge in [0.2, 0.25) is 5.91 Å². The minimum absolute atomic E-state index is 0.00289. The number of carboxylic acid groups (broad SMARTS) is 1. The molecule has 3 N–H and O–H groups in total. The van der Waals surface area contributed by atoms with E-state index in [1.165, 1.54) is 6.92 Å². The van der Waals surface area contributed by atoms with Gasteiger partial charge in [0.1, 0.15) is 6.04 Å². The van der Waals surface area contributed by atoms with Crippen molar-refractivity contribution in [1.82, 2.24) is 10.2 Å².